The fraction of sp³-hybridized carbons (Fsp3) is 0.949. The Morgan fingerprint density at radius 1 is 0.296 bits per heavy atom. The molecule has 3 N–H and O–H groups in total. The summed E-state index contributed by atoms with van der Waals surface area (Å²) in [6.07, 6.45) is 56.9. The van der Waals surface area contributed by atoms with E-state index in [1.165, 1.54) is 218 Å². The van der Waals surface area contributed by atoms with Gasteiger partial charge in [0.1, 0.15) is 19.3 Å². The van der Waals surface area contributed by atoms with Gasteiger partial charge in [-0.2, -0.15) is 0 Å². The summed E-state index contributed by atoms with van der Waals surface area (Å²) in [5.41, 5.74) is 0. The SMILES string of the molecule is CCCCCCCCCCCCCC(=O)OC[C@H](COP(=O)(O)OC[C@H](O)COP(=O)(O)OC[C@@H](COC(=O)CCCCCCCCCCCCCC(C)C)OC(=O)CCCCCCCCCCCCCCCCCCCCC(C)CC)OC(=O)CCCCCCCCCCC(C)C. The molecule has 582 valence electrons. The summed E-state index contributed by atoms with van der Waals surface area (Å²) in [5.74, 6) is 0.245. The minimum Gasteiger partial charge on any atom is -0.462 e. The van der Waals surface area contributed by atoms with Crippen LogP contribution in [0.3, 0.4) is 0 Å². The van der Waals surface area contributed by atoms with Crippen molar-refractivity contribution in [2.24, 2.45) is 17.8 Å². The standard InChI is InChI=1S/C79H154O17P2/c1-8-10-11-12-13-14-24-31-39-46-53-60-76(81)89-67-75(96-79(84)63-56-49-42-35-34-37-44-51-58-71(5)6)69-94-98(87,88)92-65-73(80)64-91-97(85,86)93-68-74(66-90-77(82)61-54-47-40-32-28-23-25-29-36-43-50-57-70(3)4)95-78(83)62-55-48-41-33-27-22-20-18-16-15-17-19-21-26-30-38-45-52-59-72(7)9-2/h70-75,80H,8-69H2,1-7H3,(H,85,86)(H,87,88)/t72?,73-,74-,75-/m1/s1. The first-order valence-corrected chi connectivity index (χ1v) is 43.9. The number of esters is 4. The minimum atomic E-state index is -4.96. The van der Waals surface area contributed by atoms with Gasteiger partial charge in [-0.3, -0.25) is 37.3 Å². The average Bonchev–Trinajstić information content (AvgIpc) is 0.998. The van der Waals surface area contributed by atoms with Crippen molar-refractivity contribution in [2.75, 3.05) is 39.6 Å². The lowest BCUT2D eigenvalue weighted by molar-refractivity contribution is -0.161. The van der Waals surface area contributed by atoms with Crippen molar-refractivity contribution < 1.29 is 80.2 Å². The second-order valence-corrected chi connectivity index (χ2v) is 32.6. The maximum atomic E-state index is 13.1. The number of rotatable bonds is 77. The van der Waals surface area contributed by atoms with Crippen LogP contribution in [0.2, 0.25) is 0 Å². The molecule has 0 aromatic carbocycles. The van der Waals surface area contributed by atoms with E-state index in [-0.39, 0.29) is 25.7 Å². The third kappa shape index (κ3) is 71.1. The summed E-state index contributed by atoms with van der Waals surface area (Å²) < 4.78 is 68.6. The molecule has 0 bridgehead atoms. The van der Waals surface area contributed by atoms with Gasteiger partial charge in [-0.05, 0) is 43.4 Å². The van der Waals surface area contributed by atoms with Crippen molar-refractivity contribution >= 4 is 39.5 Å². The Bertz CT molecular complexity index is 1910. The molecule has 17 nitrogen and oxygen atoms in total. The molecule has 3 unspecified atom stereocenters. The van der Waals surface area contributed by atoms with E-state index in [0.29, 0.717) is 25.7 Å². The number of hydrogen-bond acceptors (Lipinski definition) is 15. The third-order valence-electron chi connectivity index (χ3n) is 18.7. The van der Waals surface area contributed by atoms with Crippen molar-refractivity contribution in [1.29, 1.82) is 0 Å². The zero-order valence-corrected chi connectivity index (χ0v) is 66.0. The van der Waals surface area contributed by atoms with E-state index in [2.05, 4.69) is 48.5 Å². The zero-order valence-electron chi connectivity index (χ0n) is 64.3. The van der Waals surface area contributed by atoms with Gasteiger partial charge in [-0.15, -0.1) is 0 Å². The molecule has 0 spiro atoms. The molecular weight excluding hydrogens is 1280 g/mol. The summed E-state index contributed by atoms with van der Waals surface area (Å²) in [7, 11) is -9.91. The average molecular weight is 1440 g/mol. The highest BCUT2D eigenvalue weighted by atomic mass is 31.2. The van der Waals surface area contributed by atoms with Gasteiger partial charge in [0.15, 0.2) is 12.2 Å². The summed E-state index contributed by atoms with van der Waals surface area (Å²) in [5, 5.41) is 10.6. The number of carbonyl (C=O) groups is 4. The van der Waals surface area contributed by atoms with Crippen LogP contribution in [0.1, 0.15) is 408 Å². The van der Waals surface area contributed by atoms with E-state index < -0.39 is 97.5 Å². The van der Waals surface area contributed by atoms with Gasteiger partial charge < -0.3 is 33.8 Å². The van der Waals surface area contributed by atoms with Crippen molar-refractivity contribution in [3.63, 3.8) is 0 Å². The first-order chi connectivity index (χ1) is 47.3. The first kappa shape index (κ1) is 96.1. The fourth-order valence-electron chi connectivity index (χ4n) is 12.1. The number of phosphoric ester groups is 2. The molecule has 0 amide bonds. The topological polar surface area (TPSA) is 237 Å². The van der Waals surface area contributed by atoms with Gasteiger partial charge in [-0.1, -0.05) is 357 Å². The van der Waals surface area contributed by atoms with E-state index in [9.17, 15) is 43.2 Å². The van der Waals surface area contributed by atoms with Crippen molar-refractivity contribution in [1.82, 2.24) is 0 Å². The number of hydrogen-bond donors (Lipinski definition) is 3. The minimum absolute atomic E-state index is 0.105. The molecule has 0 aliphatic rings. The van der Waals surface area contributed by atoms with Gasteiger partial charge in [-0.25, -0.2) is 9.13 Å². The number of aliphatic hydroxyl groups is 1. The Morgan fingerprint density at radius 2 is 0.520 bits per heavy atom. The fourth-order valence-corrected chi connectivity index (χ4v) is 13.7. The highest BCUT2D eigenvalue weighted by molar-refractivity contribution is 7.47. The van der Waals surface area contributed by atoms with Crippen LogP contribution >= 0.6 is 15.6 Å². The van der Waals surface area contributed by atoms with Gasteiger partial charge in [0.25, 0.3) is 0 Å². The zero-order chi connectivity index (χ0) is 72.3. The van der Waals surface area contributed by atoms with Gasteiger partial charge in [0.2, 0.25) is 0 Å². The highest BCUT2D eigenvalue weighted by Crippen LogP contribution is 2.45. The van der Waals surface area contributed by atoms with E-state index in [1.807, 2.05) is 0 Å². The molecule has 0 saturated carbocycles. The Morgan fingerprint density at radius 3 is 0.776 bits per heavy atom. The van der Waals surface area contributed by atoms with Crippen LogP contribution in [-0.4, -0.2) is 96.7 Å². The lowest BCUT2D eigenvalue weighted by Gasteiger charge is -2.21. The van der Waals surface area contributed by atoms with Gasteiger partial charge >= 0.3 is 39.5 Å². The molecular formula is C79H154O17P2. The molecule has 0 aliphatic heterocycles. The number of ether oxygens (including phenoxy) is 4. The van der Waals surface area contributed by atoms with Crippen LogP contribution in [-0.2, 0) is 65.4 Å². The molecule has 0 fully saturated rings. The molecule has 6 atom stereocenters. The van der Waals surface area contributed by atoms with Gasteiger partial charge in [0.05, 0.1) is 26.4 Å². The molecule has 98 heavy (non-hydrogen) atoms. The maximum absolute atomic E-state index is 13.1. The molecule has 0 radical (unpaired) electrons. The smallest absolute Gasteiger partial charge is 0.462 e. The van der Waals surface area contributed by atoms with Crippen LogP contribution < -0.4 is 0 Å². The Kier molecular flexibility index (Phi) is 68.1. The highest BCUT2D eigenvalue weighted by Gasteiger charge is 2.30. The normalized spacial score (nSPS) is 14.3. The quantitative estimate of drug-likeness (QED) is 0.0222. The number of carbonyl (C=O) groups excluding carboxylic acids is 4. The first-order valence-electron chi connectivity index (χ1n) is 40.9. The molecule has 0 heterocycles. The monoisotopic (exact) mass is 1440 g/mol. The summed E-state index contributed by atoms with van der Waals surface area (Å²) in [4.78, 5) is 72.9. The van der Waals surface area contributed by atoms with Gasteiger partial charge in [0, 0.05) is 25.7 Å². The molecule has 19 heteroatoms. The molecule has 0 saturated heterocycles. The third-order valence-corrected chi connectivity index (χ3v) is 20.6. The predicted octanol–water partition coefficient (Wildman–Crippen LogP) is 23.4. The van der Waals surface area contributed by atoms with Crippen LogP contribution in [0.25, 0.3) is 0 Å². The van der Waals surface area contributed by atoms with E-state index >= 15 is 0 Å². The summed E-state index contributed by atoms with van der Waals surface area (Å²) in [6, 6.07) is 0. The largest absolute Gasteiger partial charge is 0.472 e. The van der Waals surface area contributed by atoms with Crippen molar-refractivity contribution in [2.45, 2.75) is 426 Å². The maximum Gasteiger partial charge on any atom is 0.472 e. The van der Waals surface area contributed by atoms with E-state index in [0.717, 1.165) is 108 Å². The Balaban J connectivity index is 5.20. The lowest BCUT2D eigenvalue weighted by atomic mass is 9.99. The Hall–Kier alpha value is -1.94. The number of aliphatic hydroxyl groups excluding tert-OH is 1. The summed E-state index contributed by atoms with van der Waals surface area (Å²) in [6.45, 7) is 11.9. The molecule has 0 aromatic rings. The molecule has 0 aromatic heterocycles. The Labute approximate surface area is 600 Å². The van der Waals surface area contributed by atoms with Crippen LogP contribution in [0.15, 0.2) is 0 Å². The second kappa shape index (κ2) is 69.4. The van der Waals surface area contributed by atoms with Crippen molar-refractivity contribution in [3.05, 3.63) is 0 Å². The summed E-state index contributed by atoms with van der Waals surface area (Å²) >= 11 is 0. The lowest BCUT2D eigenvalue weighted by Crippen LogP contribution is -2.30. The molecule has 0 rings (SSSR count). The van der Waals surface area contributed by atoms with Crippen LogP contribution in [0.4, 0.5) is 0 Å². The number of unbranched alkanes of at least 4 members (excludes halogenated alkanes) is 44. The molecule has 0 aliphatic carbocycles. The van der Waals surface area contributed by atoms with Crippen LogP contribution in [0.5, 0.6) is 0 Å². The predicted molar refractivity (Wildman–Crippen MR) is 400 cm³/mol. The van der Waals surface area contributed by atoms with Crippen molar-refractivity contribution in [3.8, 4) is 0 Å². The number of phosphoric acid groups is 2. The van der Waals surface area contributed by atoms with E-state index in [4.69, 9.17) is 37.0 Å². The van der Waals surface area contributed by atoms with E-state index in [1.54, 1.807) is 0 Å². The van der Waals surface area contributed by atoms with Crippen LogP contribution in [0, 0.1) is 17.8 Å². The second-order valence-electron chi connectivity index (χ2n) is 29.6.